The predicted octanol–water partition coefficient (Wildman–Crippen LogP) is 4.81. The maximum Gasteiger partial charge on any atom is 0.401 e. The summed E-state index contributed by atoms with van der Waals surface area (Å²) in [7, 11) is 0. The van der Waals surface area contributed by atoms with E-state index in [9.17, 15) is 31.5 Å². The van der Waals surface area contributed by atoms with Crippen molar-refractivity contribution in [2.45, 2.75) is 84.5 Å². The third-order valence-corrected chi connectivity index (χ3v) is 9.01. The van der Waals surface area contributed by atoms with Gasteiger partial charge in [0.25, 0.3) is 5.56 Å². The van der Waals surface area contributed by atoms with Gasteiger partial charge in [-0.2, -0.15) is 18.3 Å². The Kier molecular flexibility index (Phi) is 13.1. The fourth-order valence-corrected chi connectivity index (χ4v) is 6.27. The standard InChI is InChI=1S/C31H42F5N5O2.C2H6/c1-21-4-7-27-26(16-24(21)5-6-25(42)18-39-12-14-40(15-13-39)20-31(34,35)36)28(22(2)29(43)38-27)41(37-3)17-23-8-10-30(33,19-32)11-9-23;1-2/h7,16,23H,3-6,8-15,17-20H2,1-2H3,(H,38,43);1-2H3. The SMILES string of the molecule is C=NN(CC1CCC(F)(CF)CC1)c1c(C)c(=O)[nH]c2c1=CC(CCC(=O)CN1CCN(CC(F)(F)F)CC1)=C(C)CC=2.CC. The summed E-state index contributed by atoms with van der Waals surface area (Å²) >= 11 is 0. The summed E-state index contributed by atoms with van der Waals surface area (Å²) in [5.41, 5.74) is 1.10. The predicted molar refractivity (Wildman–Crippen MR) is 170 cm³/mol. The molecule has 7 nitrogen and oxygen atoms in total. The molecule has 1 N–H and O–H groups in total. The summed E-state index contributed by atoms with van der Waals surface area (Å²) in [5, 5.41) is 7.36. The normalized spacial score (nSPS) is 22.7. The average molecular weight is 642 g/mol. The maximum absolute atomic E-state index is 14.5. The first kappa shape index (κ1) is 36.6. The van der Waals surface area contributed by atoms with Crippen LogP contribution in [0, 0.1) is 12.8 Å². The van der Waals surface area contributed by atoms with E-state index in [1.165, 1.54) is 4.90 Å². The molecule has 1 aromatic rings. The van der Waals surface area contributed by atoms with E-state index < -0.39 is 25.1 Å². The summed E-state index contributed by atoms with van der Waals surface area (Å²) in [6.07, 6.45) is 2.37. The summed E-state index contributed by atoms with van der Waals surface area (Å²) in [5.74, 6) is 0.0860. The van der Waals surface area contributed by atoms with Crippen molar-refractivity contribution in [2.75, 3.05) is 57.5 Å². The summed E-state index contributed by atoms with van der Waals surface area (Å²) < 4.78 is 65.7. The van der Waals surface area contributed by atoms with Crippen molar-refractivity contribution in [1.29, 1.82) is 0 Å². The third-order valence-electron chi connectivity index (χ3n) is 9.01. The van der Waals surface area contributed by atoms with Crippen LogP contribution in [0.15, 0.2) is 21.0 Å². The second kappa shape index (κ2) is 16.1. The number of anilines is 1. The van der Waals surface area contributed by atoms with Crippen molar-refractivity contribution >= 4 is 30.3 Å². The second-order valence-electron chi connectivity index (χ2n) is 12.3. The molecule has 0 unspecified atom stereocenters. The minimum absolute atomic E-state index is 0.0215. The minimum atomic E-state index is -4.23. The number of ketones is 1. The van der Waals surface area contributed by atoms with Gasteiger partial charge in [-0.1, -0.05) is 25.5 Å². The summed E-state index contributed by atoms with van der Waals surface area (Å²) in [6, 6.07) is 0. The zero-order valence-electron chi connectivity index (χ0n) is 27.0. The van der Waals surface area contributed by atoms with Crippen LogP contribution in [0.2, 0.25) is 0 Å². The highest BCUT2D eigenvalue weighted by Gasteiger charge is 2.36. The molecule has 1 saturated carbocycles. The molecule has 1 aromatic heterocycles. The van der Waals surface area contributed by atoms with Crippen LogP contribution in [0.25, 0.3) is 12.2 Å². The molecule has 0 atom stereocenters. The van der Waals surface area contributed by atoms with Gasteiger partial charge in [-0.3, -0.25) is 24.4 Å². The number of pyridine rings is 1. The Balaban J connectivity index is 0.00000271. The molecule has 0 aromatic carbocycles. The lowest BCUT2D eigenvalue weighted by atomic mass is 9.80. The van der Waals surface area contributed by atoms with Crippen LogP contribution in [-0.4, -0.2) is 91.6 Å². The lowest BCUT2D eigenvalue weighted by Crippen LogP contribution is -2.50. The monoisotopic (exact) mass is 641 g/mol. The van der Waals surface area contributed by atoms with E-state index in [0.717, 1.165) is 16.4 Å². The van der Waals surface area contributed by atoms with Crippen molar-refractivity contribution in [3.63, 3.8) is 0 Å². The molecule has 0 spiro atoms. The number of carbonyl (C=O) groups is 1. The van der Waals surface area contributed by atoms with E-state index >= 15 is 0 Å². The third kappa shape index (κ3) is 10.1. The van der Waals surface area contributed by atoms with Gasteiger partial charge in [-0.25, -0.2) is 8.78 Å². The molecule has 0 amide bonds. The Morgan fingerprint density at radius 1 is 1.13 bits per heavy atom. The number of Topliss-reactive ketones (excluding diaryl/α,β-unsaturated/α-hetero) is 1. The van der Waals surface area contributed by atoms with Crippen molar-refractivity contribution in [1.82, 2.24) is 14.8 Å². The molecular weight excluding hydrogens is 593 g/mol. The number of H-pyrrole nitrogens is 1. The van der Waals surface area contributed by atoms with Gasteiger partial charge in [-0.15, -0.1) is 0 Å². The number of aromatic amines is 1. The number of hydrogen-bond acceptors (Lipinski definition) is 6. The lowest BCUT2D eigenvalue weighted by molar-refractivity contribution is -0.149. The second-order valence-corrected chi connectivity index (χ2v) is 12.3. The number of hydrogen-bond donors (Lipinski definition) is 1. The van der Waals surface area contributed by atoms with Gasteiger partial charge in [0.2, 0.25) is 0 Å². The first-order chi connectivity index (χ1) is 21.3. The number of rotatable bonds is 11. The number of carbonyl (C=O) groups excluding carboxylic acids is 1. The number of halogens is 5. The van der Waals surface area contributed by atoms with Crippen LogP contribution in [0.1, 0.15) is 71.3 Å². The van der Waals surface area contributed by atoms with Crippen molar-refractivity contribution in [3.05, 3.63) is 37.6 Å². The van der Waals surface area contributed by atoms with Gasteiger partial charge in [-0.05, 0) is 69.9 Å². The highest BCUT2D eigenvalue weighted by molar-refractivity contribution is 5.81. The molecule has 252 valence electrons. The molecule has 2 heterocycles. The van der Waals surface area contributed by atoms with E-state index in [0.29, 0.717) is 61.9 Å². The summed E-state index contributed by atoms with van der Waals surface area (Å²) in [6.45, 7) is 11.5. The van der Waals surface area contributed by atoms with Gasteiger partial charge in [0, 0.05) is 62.0 Å². The molecule has 1 saturated heterocycles. The molecule has 12 heteroatoms. The smallest absolute Gasteiger partial charge is 0.322 e. The molecule has 3 aliphatic rings. The van der Waals surface area contributed by atoms with Gasteiger partial charge >= 0.3 is 6.18 Å². The maximum atomic E-state index is 14.5. The van der Waals surface area contributed by atoms with Crippen LogP contribution in [0.4, 0.5) is 27.6 Å². The van der Waals surface area contributed by atoms with E-state index in [1.807, 2.05) is 37.8 Å². The highest BCUT2D eigenvalue weighted by Crippen LogP contribution is 2.36. The number of allylic oxidation sites excluding steroid dienone is 2. The van der Waals surface area contributed by atoms with Gasteiger partial charge in [0.15, 0.2) is 0 Å². The minimum Gasteiger partial charge on any atom is -0.322 e. The Labute approximate surface area is 262 Å². The molecule has 2 fully saturated rings. The molecule has 1 aliphatic heterocycles. The van der Waals surface area contributed by atoms with E-state index in [2.05, 4.69) is 16.8 Å². The fourth-order valence-electron chi connectivity index (χ4n) is 6.27. The first-order valence-corrected chi connectivity index (χ1v) is 16.0. The molecular formula is C33H48F5N5O2. The zero-order chi connectivity index (χ0) is 33.4. The average Bonchev–Trinajstić information content (AvgIpc) is 3.16. The number of nitrogens with one attached hydrogen (secondary N) is 1. The van der Waals surface area contributed by atoms with Crippen molar-refractivity contribution in [2.24, 2.45) is 11.0 Å². The Morgan fingerprint density at radius 2 is 1.76 bits per heavy atom. The van der Waals surface area contributed by atoms with Crippen LogP contribution in [0.5, 0.6) is 0 Å². The topological polar surface area (TPSA) is 72.0 Å². The van der Waals surface area contributed by atoms with E-state index in [1.54, 1.807) is 11.9 Å². The fraction of sp³-hybridized carbons (Fsp3) is 0.667. The van der Waals surface area contributed by atoms with Gasteiger partial charge in [0.05, 0.1) is 18.8 Å². The Bertz CT molecular complexity index is 1390. The molecule has 2 aliphatic carbocycles. The molecule has 45 heavy (non-hydrogen) atoms. The van der Waals surface area contributed by atoms with E-state index in [4.69, 9.17) is 0 Å². The summed E-state index contributed by atoms with van der Waals surface area (Å²) in [4.78, 5) is 32.1. The first-order valence-electron chi connectivity index (χ1n) is 16.0. The number of piperazine rings is 1. The molecule has 0 radical (unpaired) electrons. The zero-order valence-corrected chi connectivity index (χ0v) is 27.0. The number of alkyl halides is 5. The quantitative estimate of drug-likeness (QED) is 0.214. The number of aromatic nitrogens is 1. The Hall–Kier alpha value is -2.86. The van der Waals surface area contributed by atoms with Gasteiger partial charge in [0.1, 0.15) is 18.1 Å². The van der Waals surface area contributed by atoms with E-state index in [-0.39, 0.29) is 56.2 Å². The number of hydrazone groups is 1. The number of nitrogens with zero attached hydrogens (tertiary/aromatic N) is 4. The molecule has 0 bridgehead atoms. The molecule has 4 rings (SSSR count). The van der Waals surface area contributed by atoms with Crippen LogP contribution < -0.4 is 21.1 Å². The number of fused-ring (bicyclic) bond motifs is 1. The van der Waals surface area contributed by atoms with Crippen molar-refractivity contribution in [3.8, 4) is 0 Å². The van der Waals surface area contributed by atoms with Gasteiger partial charge < -0.3 is 4.98 Å². The van der Waals surface area contributed by atoms with Crippen LogP contribution in [-0.2, 0) is 4.79 Å². The van der Waals surface area contributed by atoms with Crippen LogP contribution in [0.3, 0.4) is 0 Å². The Morgan fingerprint density at radius 3 is 2.33 bits per heavy atom. The largest absolute Gasteiger partial charge is 0.401 e. The van der Waals surface area contributed by atoms with Crippen molar-refractivity contribution < 1.29 is 26.7 Å². The lowest BCUT2D eigenvalue weighted by Gasteiger charge is -2.34. The van der Waals surface area contributed by atoms with Crippen LogP contribution >= 0.6 is 0 Å². The highest BCUT2D eigenvalue weighted by atomic mass is 19.4.